The van der Waals surface area contributed by atoms with Crippen molar-refractivity contribution >= 4 is 5.91 Å². The molecule has 4 nitrogen and oxygen atoms in total. The van der Waals surface area contributed by atoms with Crippen LogP contribution in [0.2, 0.25) is 0 Å². The molecule has 0 heterocycles. The standard InChI is InChI=1S/C67H127NO3/c1-3-5-7-9-11-13-15-17-19-21-23-25-27-29-30-31-32-33-34-35-36-37-38-39-41-43-45-47-49-51-53-55-57-59-61-63-67(71)68-65(64-69)66(70)62-60-58-56-54-52-50-48-46-44-42-40-28-26-24-22-20-18-16-14-12-10-8-6-4-2/h15,17,21,23,52,54,60,62,65-66,69-70H,3-14,16,18-20,22,24-51,53,55-59,61,63-64H2,1-2H3,(H,68,71)/b17-15-,23-21-,54-52+,62-60+. The third kappa shape index (κ3) is 59.1. The number of nitrogens with one attached hydrogen (secondary N) is 1. The monoisotopic (exact) mass is 994 g/mol. The van der Waals surface area contributed by atoms with Gasteiger partial charge in [-0.3, -0.25) is 4.79 Å². The van der Waals surface area contributed by atoms with E-state index in [9.17, 15) is 15.0 Å². The number of aliphatic hydroxyl groups is 2. The highest BCUT2D eigenvalue weighted by molar-refractivity contribution is 5.76. The Balaban J connectivity index is 3.45. The van der Waals surface area contributed by atoms with Gasteiger partial charge in [0, 0.05) is 6.42 Å². The largest absolute Gasteiger partial charge is 0.394 e. The zero-order chi connectivity index (χ0) is 51.3. The van der Waals surface area contributed by atoms with Gasteiger partial charge >= 0.3 is 0 Å². The predicted molar refractivity (Wildman–Crippen MR) is 318 cm³/mol. The summed E-state index contributed by atoms with van der Waals surface area (Å²) in [7, 11) is 0. The molecular weight excluding hydrogens is 867 g/mol. The van der Waals surface area contributed by atoms with Gasteiger partial charge in [0.1, 0.15) is 0 Å². The summed E-state index contributed by atoms with van der Waals surface area (Å²) >= 11 is 0. The Kier molecular flexibility index (Phi) is 61.2. The predicted octanol–water partition coefficient (Wildman–Crippen LogP) is 21.8. The fourth-order valence-corrected chi connectivity index (χ4v) is 10.1. The minimum Gasteiger partial charge on any atom is -0.394 e. The molecule has 1 amide bonds. The van der Waals surface area contributed by atoms with Crippen molar-refractivity contribution in [3.05, 3.63) is 48.6 Å². The van der Waals surface area contributed by atoms with Crippen LogP contribution in [0.5, 0.6) is 0 Å². The number of unbranched alkanes of at least 4 members (excludes halogenated alkanes) is 47. The number of hydrogen-bond acceptors (Lipinski definition) is 3. The topological polar surface area (TPSA) is 69.6 Å². The van der Waals surface area contributed by atoms with Crippen molar-refractivity contribution in [2.45, 2.75) is 366 Å². The van der Waals surface area contributed by atoms with Crippen LogP contribution in [0.1, 0.15) is 354 Å². The lowest BCUT2D eigenvalue weighted by Crippen LogP contribution is -2.45. The molecule has 0 aliphatic carbocycles. The summed E-state index contributed by atoms with van der Waals surface area (Å²) in [5.74, 6) is -0.0672. The van der Waals surface area contributed by atoms with E-state index in [4.69, 9.17) is 0 Å². The SMILES string of the molecule is CCCCCCC/C=C\C/C=C\CCCCCCCCCCCCCCCCCCCCCCCCCC(=O)NC(CO)C(O)/C=C/CC/C=C/CCCCCCCCCCCCCCCCCCCC. The fraction of sp³-hybridized carbons (Fsp3) is 0.866. The van der Waals surface area contributed by atoms with Crippen LogP contribution in [0.25, 0.3) is 0 Å². The second kappa shape index (κ2) is 62.6. The highest BCUT2D eigenvalue weighted by atomic mass is 16.3. The smallest absolute Gasteiger partial charge is 0.220 e. The maximum absolute atomic E-state index is 12.5. The van der Waals surface area contributed by atoms with Crippen LogP contribution in [-0.2, 0) is 4.79 Å². The molecule has 0 aliphatic rings. The maximum atomic E-state index is 12.5. The van der Waals surface area contributed by atoms with E-state index in [1.165, 1.54) is 295 Å². The number of carbonyl (C=O) groups is 1. The molecule has 3 N–H and O–H groups in total. The van der Waals surface area contributed by atoms with Gasteiger partial charge in [-0.1, -0.05) is 332 Å². The molecule has 0 aliphatic heterocycles. The normalized spacial score (nSPS) is 13.0. The summed E-state index contributed by atoms with van der Waals surface area (Å²) < 4.78 is 0. The first-order chi connectivity index (χ1) is 35.2. The molecule has 0 bridgehead atoms. The summed E-state index contributed by atoms with van der Waals surface area (Å²) in [5, 5.41) is 23.2. The number of amides is 1. The molecular formula is C67H127NO3. The van der Waals surface area contributed by atoms with Crippen molar-refractivity contribution in [3.63, 3.8) is 0 Å². The van der Waals surface area contributed by atoms with Gasteiger partial charge in [0.15, 0.2) is 0 Å². The van der Waals surface area contributed by atoms with E-state index in [2.05, 4.69) is 55.6 Å². The molecule has 418 valence electrons. The van der Waals surface area contributed by atoms with Crippen molar-refractivity contribution < 1.29 is 15.0 Å². The minimum atomic E-state index is -0.863. The van der Waals surface area contributed by atoms with Gasteiger partial charge in [-0.25, -0.2) is 0 Å². The Morgan fingerprint density at radius 2 is 0.592 bits per heavy atom. The van der Waals surface area contributed by atoms with Gasteiger partial charge in [-0.05, 0) is 64.2 Å². The molecule has 0 spiro atoms. The molecule has 2 unspecified atom stereocenters. The van der Waals surface area contributed by atoms with Crippen LogP contribution in [0.15, 0.2) is 48.6 Å². The van der Waals surface area contributed by atoms with E-state index in [0.29, 0.717) is 6.42 Å². The molecule has 71 heavy (non-hydrogen) atoms. The average molecular weight is 995 g/mol. The van der Waals surface area contributed by atoms with Crippen molar-refractivity contribution in [2.24, 2.45) is 0 Å². The second-order valence-electron chi connectivity index (χ2n) is 22.2. The highest BCUT2D eigenvalue weighted by Gasteiger charge is 2.18. The lowest BCUT2D eigenvalue weighted by Gasteiger charge is -2.19. The van der Waals surface area contributed by atoms with Gasteiger partial charge in [0.25, 0.3) is 0 Å². The molecule has 0 saturated carbocycles. The van der Waals surface area contributed by atoms with Crippen molar-refractivity contribution in [1.82, 2.24) is 5.32 Å². The van der Waals surface area contributed by atoms with Gasteiger partial charge in [0.05, 0.1) is 18.8 Å². The number of carbonyl (C=O) groups excluding carboxylic acids is 1. The lowest BCUT2D eigenvalue weighted by atomic mass is 10.0. The third-order valence-electron chi connectivity index (χ3n) is 15.0. The number of aliphatic hydroxyl groups excluding tert-OH is 2. The Morgan fingerprint density at radius 3 is 0.901 bits per heavy atom. The summed E-state index contributed by atoms with van der Waals surface area (Å²) in [6, 6.07) is -0.639. The number of allylic oxidation sites excluding steroid dienone is 7. The van der Waals surface area contributed by atoms with E-state index in [0.717, 1.165) is 38.5 Å². The quantitative estimate of drug-likeness (QED) is 0.0420. The molecule has 0 aromatic carbocycles. The number of rotatable bonds is 60. The zero-order valence-corrected chi connectivity index (χ0v) is 48.3. The molecule has 0 saturated heterocycles. The lowest BCUT2D eigenvalue weighted by molar-refractivity contribution is -0.123. The van der Waals surface area contributed by atoms with Gasteiger partial charge in [-0.15, -0.1) is 0 Å². The second-order valence-corrected chi connectivity index (χ2v) is 22.2. The van der Waals surface area contributed by atoms with Gasteiger partial charge in [0.2, 0.25) is 5.91 Å². The van der Waals surface area contributed by atoms with Crippen LogP contribution in [0, 0.1) is 0 Å². The first kappa shape index (κ1) is 69.3. The first-order valence-electron chi connectivity index (χ1n) is 32.4. The molecule has 4 heteroatoms. The summed E-state index contributed by atoms with van der Waals surface area (Å²) in [6.45, 7) is 4.32. The van der Waals surface area contributed by atoms with Gasteiger partial charge in [-0.2, -0.15) is 0 Å². The molecule has 0 radical (unpaired) electrons. The van der Waals surface area contributed by atoms with Crippen LogP contribution < -0.4 is 5.32 Å². The summed E-state index contributed by atoms with van der Waals surface area (Å²) in [5.41, 5.74) is 0. The summed E-state index contributed by atoms with van der Waals surface area (Å²) in [6.07, 6.45) is 87.5. The van der Waals surface area contributed by atoms with Crippen molar-refractivity contribution in [1.29, 1.82) is 0 Å². The van der Waals surface area contributed by atoms with E-state index >= 15 is 0 Å². The van der Waals surface area contributed by atoms with Crippen molar-refractivity contribution in [2.75, 3.05) is 6.61 Å². The first-order valence-corrected chi connectivity index (χ1v) is 32.4. The highest BCUT2D eigenvalue weighted by Crippen LogP contribution is 2.18. The molecule has 0 aromatic rings. The molecule has 0 fully saturated rings. The van der Waals surface area contributed by atoms with Crippen LogP contribution >= 0.6 is 0 Å². The minimum absolute atomic E-state index is 0.0672. The third-order valence-corrected chi connectivity index (χ3v) is 15.0. The van der Waals surface area contributed by atoms with E-state index in [-0.39, 0.29) is 12.5 Å². The Hall–Kier alpha value is -1.65. The molecule has 0 rings (SSSR count). The van der Waals surface area contributed by atoms with Crippen LogP contribution in [-0.4, -0.2) is 34.9 Å². The Morgan fingerprint density at radius 1 is 0.338 bits per heavy atom. The molecule has 2 atom stereocenters. The van der Waals surface area contributed by atoms with E-state index < -0.39 is 12.1 Å². The molecule has 0 aromatic heterocycles. The number of hydrogen-bond donors (Lipinski definition) is 3. The Labute approximate surface area is 445 Å². The van der Waals surface area contributed by atoms with Crippen LogP contribution in [0.4, 0.5) is 0 Å². The van der Waals surface area contributed by atoms with E-state index in [1.54, 1.807) is 6.08 Å². The van der Waals surface area contributed by atoms with E-state index in [1.807, 2.05) is 6.08 Å². The van der Waals surface area contributed by atoms with Gasteiger partial charge < -0.3 is 15.5 Å². The average Bonchev–Trinajstić information content (AvgIpc) is 3.37. The van der Waals surface area contributed by atoms with Crippen LogP contribution in [0.3, 0.4) is 0 Å². The fourth-order valence-electron chi connectivity index (χ4n) is 10.1. The maximum Gasteiger partial charge on any atom is 0.220 e. The summed E-state index contributed by atoms with van der Waals surface area (Å²) in [4.78, 5) is 12.5. The van der Waals surface area contributed by atoms with Crippen molar-refractivity contribution in [3.8, 4) is 0 Å². The zero-order valence-electron chi connectivity index (χ0n) is 48.3. The Bertz CT molecular complexity index is 1130.